The maximum atomic E-state index is 12.4. The number of benzene rings is 1. The maximum absolute atomic E-state index is 12.4. The second-order valence-corrected chi connectivity index (χ2v) is 5.93. The van der Waals surface area contributed by atoms with E-state index in [1.54, 1.807) is 11.3 Å². The number of anilines is 1. The molecule has 4 heteroatoms. The molecule has 1 aromatic carbocycles. The van der Waals surface area contributed by atoms with Gasteiger partial charge in [-0.15, -0.1) is 11.3 Å². The van der Waals surface area contributed by atoms with Crippen molar-refractivity contribution < 1.29 is 4.79 Å². The average Bonchev–Trinajstić information content (AvgIpc) is 3.15. The number of carbonyl (C=O) groups is 1. The summed E-state index contributed by atoms with van der Waals surface area (Å²) in [7, 11) is 0. The Balaban J connectivity index is 1.62. The molecular formula is C16H18N2OS. The quantitative estimate of drug-likeness (QED) is 0.937. The number of rotatable bonds is 4. The van der Waals surface area contributed by atoms with Crippen molar-refractivity contribution in [2.45, 2.75) is 25.4 Å². The SMILES string of the molecule is O=C(NCc1ccccc1)[C@@H]1CCCN1c1cccs1. The average molecular weight is 286 g/mol. The molecule has 0 unspecified atom stereocenters. The summed E-state index contributed by atoms with van der Waals surface area (Å²) in [5.74, 6) is 0.139. The van der Waals surface area contributed by atoms with Gasteiger partial charge >= 0.3 is 0 Å². The lowest BCUT2D eigenvalue weighted by atomic mass is 10.2. The van der Waals surface area contributed by atoms with Gasteiger partial charge in [-0.05, 0) is 35.9 Å². The molecule has 20 heavy (non-hydrogen) atoms. The fraction of sp³-hybridized carbons (Fsp3) is 0.312. The summed E-state index contributed by atoms with van der Waals surface area (Å²) >= 11 is 1.70. The summed E-state index contributed by atoms with van der Waals surface area (Å²) in [6.07, 6.45) is 2.03. The van der Waals surface area contributed by atoms with E-state index in [4.69, 9.17) is 0 Å². The fourth-order valence-corrected chi connectivity index (χ4v) is 3.45. The molecule has 1 fully saturated rings. The van der Waals surface area contributed by atoms with Crippen LogP contribution in [0.5, 0.6) is 0 Å². The van der Waals surface area contributed by atoms with E-state index in [2.05, 4.69) is 21.7 Å². The van der Waals surface area contributed by atoms with Crippen LogP contribution in [0.2, 0.25) is 0 Å². The first-order valence-corrected chi connectivity index (χ1v) is 7.84. The summed E-state index contributed by atoms with van der Waals surface area (Å²) in [6.45, 7) is 1.58. The molecule has 1 aliphatic rings. The minimum Gasteiger partial charge on any atom is -0.351 e. The van der Waals surface area contributed by atoms with Gasteiger partial charge in [0.15, 0.2) is 0 Å². The normalized spacial score (nSPS) is 18.2. The second kappa shape index (κ2) is 6.09. The summed E-state index contributed by atoms with van der Waals surface area (Å²) in [6, 6.07) is 14.2. The first-order valence-electron chi connectivity index (χ1n) is 6.96. The molecule has 0 bridgehead atoms. The zero-order valence-corrected chi connectivity index (χ0v) is 12.1. The van der Waals surface area contributed by atoms with Gasteiger partial charge < -0.3 is 10.2 Å². The Morgan fingerprint density at radius 2 is 2.10 bits per heavy atom. The highest BCUT2D eigenvalue weighted by Gasteiger charge is 2.31. The number of nitrogens with zero attached hydrogens (tertiary/aromatic N) is 1. The van der Waals surface area contributed by atoms with Gasteiger partial charge in [-0.25, -0.2) is 0 Å². The van der Waals surface area contributed by atoms with Crippen molar-refractivity contribution in [3.05, 3.63) is 53.4 Å². The molecule has 1 atom stereocenters. The number of carbonyl (C=O) groups excluding carboxylic acids is 1. The first-order chi connectivity index (χ1) is 9.84. The summed E-state index contributed by atoms with van der Waals surface area (Å²) in [5, 5.41) is 6.32. The highest BCUT2D eigenvalue weighted by Crippen LogP contribution is 2.29. The molecule has 0 aliphatic carbocycles. The summed E-state index contributed by atoms with van der Waals surface area (Å²) in [5.41, 5.74) is 1.14. The largest absolute Gasteiger partial charge is 0.351 e. The smallest absolute Gasteiger partial charge is 0.242 e. The van der Waals surface area contributed by atoms with E-state index in [1.165, 1.54) is 5.00 Å². The molecule has 0 saturated carbocycles. The van der Waals surface area contributed by atoms with Gasteiger partial charge in [0.25, 0.3) is 0 Å². The third-order valence-corrected chi connectivity index (χ3v) is 4.56. The van der Waals surface area contributed by atoms with Gasteiger partial charge in [-0.2, -0.15) is 0 Å². The zero-order valence-electron chi connectivity index (χ0n) is 11.3. The Bertz CT molecular complexity index is 553. The molecule has 1 saturated heterocycles. The lowest BCUT2D eigenvalue weighted by molar-refractivity contribution is -0.122. The van der Waals surface area contributed by atoms with Crippen LogP contribution < -0.4 is 10.2 Å². The predicted octanol–water partition coefficient (Wildman–Crippen LogP) is 3.03. The van der Waals surface area contributed by atoms with Crippen molar-refractivity contribution in [3.63, 3.8) is 0 Å². The van der Waals surface area contributed by atoms with Gasteiger partial charge in [0.1, 0.15) is 6.04 Å². The summed E-state index contributed by atoms with van der Waals surface area (Å²) < 4.78 is 0. The Morgan fingerprint density at radius 1 is 1.25 bits per heavy atom. The number of hydrogen-bond donors (Lipinski definition) is 1. The fourth-order valence-electron chi connectivity index (χ4n) is 2.64. The topological polar surface area (TPSA) is 32.3 Å². The number of thiophene rings is 1. The molecule has 1 amide bonds. The minimum atomic E-state index is -0.0163. The first kappa shape index (κ1) is 13.2. The number of hydrogen-bond acceptors (Lipinski definition) is 3. The maximum Gasteiger partial charge on any atom is 0.242 e. The van der Waals surface area contributed by atoms with Crippen molar-refractivity contribution in [2.24, 2.45) is 0 Å². The molecule has 104 valence electrons. The van der Waals surface area contributed by atoms with E-state index in [0.717, 1.165) is 24.9 Å². The van der Waals surface area contributed by atoms with Crippen molar-refractivity contribution >= 4 is 22.2 Å². The highest BCUT2D eigenvalue weighted by atomic mass is 32.1. The van der Waals surface area contributed by atoms with Crippen molar-refractivity contribution in [2.75, 3.05) is 11.4 Å². The van der Waals surface area contributed by atoms with Crippen LogP contribution in [-0.2, 0) is 11.3 Å². The van der Waals surface area contributed by atoms with Crippen LogP contribution in [0.1, 0.15) is 18.4 Å². The van der Waals surface area contributed by atoms with Gasteiger partial charge in [-0.1, -0.05) is 30.3 Å². The Labute approximate surface area is 123 Å². The molecule has 1 aliphatic heterocycles. The Morgan fingerprint density at radius 3 is 2.85 bits per heavy atom. The van der Waals surface area contributed by atoms with Gasteiger partial charge in [0, 0.05) is 13.1 Å². The van der Waals surface area contributed by atoms with Crippen LogP contribution in [0, 0.1) is 0 Å². The summed E-state index contributed by atoms with van der Waals surface area (Å²) in [4.78, 5) is 14.6. The van der Waals surface area contributed by atoms with E-state index in [1.807, 2.05) is 36.4 Å². The molecule has 1 N–H and O–H groups in total. The van der Waals surface area contributed by atoms with Crippen molar-refractivity contribution in [1.82, 2.24) is 5.32 Å². The third kappa shape index (κ3) is 2.85. The Kier molecular flexibility index (Phi) is 4.02. The Hall–Kier alpha value is -1.81. The van der Waals surface area contributed by atoms with Crippen LogP contribution in [0.4, 0.5) is 5.00 Å². The second-order valence-electron chi connectivity index (χ2n) is 5.01. The van der Waals surface area contributed by atoms with Crippen LogP contribution in [0.25, 0.3) is 0 Å². The third-order valence-electron chi connectivity index (χ3n) is 3.65. The van der Waals surface area contributed by atoms with Crippen LogP contribution >= 0.6 is 11.3 Å². The number of nitrogens with one attached hydrogen (secondary N) is 1. The van der Waals surface area contributed by atoms with Crippen LogP contribution in [-0.4, -0.2) is 18.5 Å². The van der Waals surface area contributed by atoms with Gasteiger partial charge in [0.05, 0.1) is 5.00 Å². The molecule has 2 aromatic rings. The number of amides is 1. The minimum absolute atomic E-state index is 0.0163. The van der Waals surface area contributed by atoms with Crippen LogP contribution in [0.3, 0.4) is 0 Å². The molecular weight excluding hydrogens is 268 g/mol. The molecule has 2 heterocycles. The molecule has 3 rings (SSSR count). The standard InChI is InChI=1S/C16H18N2OS/c19-16(17-12-13-6-2-1-3-7-13)14-8-4-10-18(14)15-9-5-11-20-15/h1-3,5-7,9,11,14H,4,8,10,12H2,(H,17,19)/t14-/m0/s1. The molecule has 0 radical (unpaired) electrons. The van der Waals surface area contributed by atoms with E-state index >= 15 is 0 Å². The van der Waals surface area contributed by atoms with Crippen molar-refractivity contribution in [3.8, 4) is 0 Å². The van der Waals surface area contributed by atoms with E-state index in [9.17, 15) is 4.79 Å². The van der Waals surface area contributed by atoms with Gasteiger partial charge in [0.2, 0.25) is 5.91 Å². The zero-order chi connectivity index (χ0) is 13.8. The lowest BCUT2D eigenvalue weighted by Gasteiger charge is -2.24. The molecule has 3 nitrogen and oxygen atoms in total. The van der Waals surface area contributed by atoms with E-state index < -0.39 is 0 Å². The van der Waals surface area contributed by atoms with Gasteiger partial charge in [-0.3, -0.25) is 4.79 Å². The van der Waals surface area contributed by atoms with Crippen molar-refractivity contribution in [1.29, 1.82) is 0 Å². The molecule has 1 aromatic heterocycles. The van der Waals surface area contributed by atoms with Crippen LogP contribution in [0.15, 0.2) is 47.8 Å². The molecule has 0 spiro atoms. The van der Waals surface area contributed by atoms with E-state index in [0.29, 0.717) is 6.54 Å². The van der Waals surface area contributed by atoms with E-state index in [-0.39, 0.29) is 11.9 Å². The lowest BCUT2D eigenvalue weighted by Crippen LogP contribution is -2.42. The monoisotopic (exact) mass is 286 g/mol. The highest BCUT2D eigenvalue weighted by molar-refractivity contribution is 7.14. The predicted molar refractivity (Wildman–Crippen MR) is 83.0 cm³/mol.